The van der Waals surface area contributed by atoms with Crippen LogP contribution in [0.3, 0.4) is 0 Å². The Balaban J connectivity index is 2.48. The molecule has 0 nitrogen and oxygen atoms in total. The number of alkyl halides is 1. The second kappa shape index (κ2) is 4.91. The van der Waals surface area contributed by atoms with Crippen LogP contribution < -0.4 is 0 Å². The number of halogens is 1. The Morgan fingerprint density at radius 2 is 1.75 bits per heavy atom. The lowest BCUT2D eigenvalue weighted by molar-refractivity contribution is 0.368. The van der Waals surface area contributed by atoms with Gasteiger partial charge in [-0.1, -0.05) is 44.8 Å². The molecule has 0 radical (unpaired) electrons. The smallest absolute Gasteiger partial charge is 0.0404 e. The first-order valence-corrected chi connectivity index (χ1v) is 5.54. The zero-order chi connectivity index (χ0) is 8.86. The summed E-state index contributed by atoms with van der Waals surface area (Å²) in [5.41, 5.74) is 0.450. The first-order valence-electron chi connectivity index (χ1n) is 5.00. The molecule has 0 heterocycles. The average molecular weight is 187 g/mol. The number of allylic oxidation sites excluding steroid dienone is 2. The number of rotatable bonds is 2. The third kappa shape index (κ3) is 3.18. The van der Waals surface area contributed by atoms with Crippen molar-refractivity contribution in [3.63, 3.8) is 0 Å². The Morgan fingerprint density at radius 1 is 1.17 bits per heavy atom. The van der Waals surface area contributed by atoms with E-state index in [1.165, 1.54) is 38.5 Å². The Bertz CT molecular complexity index is 141. The normalized spacial score (nSPS) is 24.2. The molecule has 0 aliphatic heterocycles. The minimum atomic E-state index is 0.450. The molecule has 0 aromatic rings. The van der Waals surface area contributed by atoms with E-state index in [-0.39, 0.29) is 0 Å². The zero-order valence-electron chi connectivity index (χ0n) is 7.98. The molecule has 0 spiro atoms. The van der Waals surface area contributed by atoms with E-state index in [2.05, 4.69) is 19.1 Å². The van der Waals surface area contributed by atoms with Gasteiger partial charge in [-0.05, 0) is 18.3 Å². The van der Waals surface area contributed by atoms with Crippen LogP contribution in [0.4, 0.5) is 0 Å². The molecule has 0 saturated heterocycles. The van der Waals surface area contributed by atoms with Crippen LogP contribution in [0, 0.1) is 5.41 Å². The molecule has 0 atom stereocenters. The van der Waals surface area contributed by atoms with E-state index in [0.29, 0.717) is 11.3 Å². The lowest BCUT2D eigenvalue weighted by Gasteiger charge is -2.23. The third-order valence-corrected chi connectivity index (χ3v) is 3.03. The van der Waals surface area contributed by atoms with Gasteiger partial charge in [0, 0.05) is 5.88 Å². The maximum atomic E-state index is 5.64. The molecular formula is C11H19Cl. The van der Waals surface area contributed by atoms with E-state index >= 15 is 0 Å². The van der Waals surface area contributed by atoms with Crippen molar-refractivity contribution in [3.8, 4) is 0 Å². The standard InChI is InChI=1S/C11H19Cl/c1-11(9-6-10-12)7-4-2-3-5-8-11/h6,9H,2-5,7-8,10H2,1H3/b9-6+. The molecule has 0 unspecified atom stereocenters. The van der Waals surface area contributed by atoms with Crippen LogP contribution in [0.1, 0.15) is 45.4 Å². The first kappa shape index (κ1) is 10.1. The van der Waals surface area contributed by atoms with Crippen LogP contribution in [-0.2, 0) is 0 Å². The fourth-order valence-corrected chi connectivity index (χ4v) is 2.12. The minimum absolute atomic E-state index is 0.450. The summed E-state index contributed by atoms with van der Waals surface area (Å²) in [7, 11) is 0. The van der Waals surface area contributed by atoms with E-state index in [1.807, 2.05) is 0 Å². The average Bonchev–Trinajstić information content (AvgIpc) is 2.27. The van der Waals surface area contributed by atoms with Gasteiger partial charge in [0.25, 0.3) is 0 Å². The van der Waals surface area contributed by atoms with Crippen LogP contribution >= 0.6 is 11.6 Å². The molecule has 1 rings (SSSR count). The maximum absolute atomic E-state index is 5.64. The lowest BCUT2D eigenvalue weighted by atomic mass is 9.82. The van der Waals surface area contributed by atoms with Crippen molar-refractivity contribution in [1.29, 1.82) is 0 Å². The molecule has 12 heavy (non-hydrogen) atoms. The van der Waals surface area contributed by atoms with Gasteiger partial charge < -0.3 is 0 Å². The molecule has 70 valence electrons. The van der Waals surface area contributed by atoms with Crippen molar-refractivity contribution in [2.24, 2.45) is 5.41 Å². The van der Waals surface area contributed by atoms with Gasteiger partial charge in [-0.15, -0.1) is 11.6 Å². The zero-order valence-corrected chi connectivity index (χ0v) is 8.74. The van der Waals surface area contributed by atoms with Gasteiger partial charge in [0.2, 0.25) is 0 Å². The van der Waals surface area contributed by atoms with E-state index < -0.39 is 0 Å². The second-order valence-corrected chi connectivity index (χ2v) is 4.43. The molecule has 0 N–H and O–H groups in total. The van der Waals surface area contributed by atoms with Crippen LogP contribution in [0.15, 0.2) is 12.2 Å². The fraction of sp³-hybridized carbons (Fsp3) is 0.818. The molecule has 0 aromatic carbocycles. The summed E-state index contributed by atoms with van der Waals surface area (Å²) in [6.07, 6.45) is 12.7. The highest BCUT2D eigenvalue weighted by Gasteiger charge is 2.21. The van der Waals surface area contributed by atoms with Gasteiger partial charge in [-0.2, -0.15) is 0 Å². The molecule has 1 saturated carbocycles. The Kier molecular flexibility index (Phi) is 4.14. The molecule has 0 bridgehead atoms. The van der Waals surface area contributed by atoms with Gasteiger partial charge in [0.1, 0.15) is 0 Å². The Labute approximate surface area is 81.0 Å². The van der Waals surface area contributed by atoms with Gasteiger partial charge in [0.15, 0.2) is 0 Å². The van der Waals surface area contributed by atoms with Gasteiger partial charge >= 0.3 is 0 Å². The SMILES string of the molecule is CC1(/C=C/CCl)CCCCCC1. The van der Waals surface area contributed by atoms with Gasteiger partial charge in [-0.3, -0.25) is 0 Å². The van der Waals surface area contributed by atoms with Gasteiger partial charge in [0.05, 0.1) is 0 Å². The van der Waals surface area contributed by atoms with Crippen LogP contribution in [0.25, 0.3) is 0 Å². The summed E-state index contributed by atoms with van der Waals surface area (Å²) < 4.78 is 0. The largest absolute Gasteiger partial charge is 0.122 e. The quantitative estimate of drug-likeness (QED) is 0.346. The third-order valence-electron chi connectivity index (χ3n) is 2.86. The van der Waals surface area contributed by atoms with Crippen molar-refractivity contribution >= 4 is 11.6 Å². The molecule has 1 fully saturated rings. The van der Waals surface area contributed by atoms with E-state index in [0.717, 1.165) is 0 Å². The van der Waals surface area contributed by atoms with Crippen molar-refractivity contribution in [2.75, 3.05) is 5.88 Å². The van der Waals surface area contributed by atoms with Crippen molar-refractivity contribution in [3.05, 3.63) is 12.2 Å². The predicted molar refractivity (Wildman–Crippen MR) is 55.7 cm³/mol. The van der Waals surface area contributed by atoms with Crippen LogP contribution in [0.2, 0.25) is 0 Å². The maximum Gasteiger partial charge on any atom is 0.0404 e. The second-order valence-electron chi connectivity index (χ2n) is 4.12. The van der Waals surface area contributed by atoms with Crippen LogP contribution in [-0.4, -0.2) is 5.88 Å². The molecule has 0 aromatic heterocycles. The highest BCUT2D eigenvalue weighted by Crippen LogP contribution is 2.35. The number of hydrogen-bond acceptors (Lipinski definition) is 0. The van der Waals surface area contributed by atoms with Crippen LogP contribution in [0.5, 0.6) is 0 Å². The molecule has 1 aliphatic carbocycles. The van der Waals surface area contributed by atoms with E-state index in [9.17, 15) is 0 Å². The van der Waals surface area contributed by atoms with Crippen molar-refractivity contribution in [1.82, 2.24) is 0 Å². The topological polar surface area (TPSA) is 0 Å². The van der Waals surface area contributed by atoms with E-state index in [1.54, 1.807) is 0 Å². The Hall–Kier alpha value is 0.0300. The molecule has 1 heteroatoms. The molecule has 0 amide bonds. The van der Waals surface area contributed by atoms with Gasteiger partial charge in [-0.25, -0.2) is 0 Å². The predicted octanol–water partition coefficient (Wildman–Crippen LogP) is 4.14. The summed E-state index contributed by atoms with van der Waals surface area (Å²) in [5, 5.41) is 0. The summed E-state index contributed by atoms with van der Waals surface area (Å²) in [4.78, 5) is 0. The minimum Gasteiger partial charge on any atom is -0.122 e. The van der Waals surface area contributed by atoms with Crippen molar-refractivity contribution < 1.29 is 0 Å². The van der Waals surface area contributed by atoms with Crippen molar-refractivity contribution in [2.45, 2.75) is 45.4 Å². The highest BCUT2D eigenvalue weighted by molar-refractivity contribution is 6.18. The lowest BCUT2D eigenvalue weighted by Crippen LogP contribution is -2.11. The molecule has 1 aliphatic rings. The summed E-state index contributed by atoms with van der Waals surface area (Å²) in [6, 6.07) is 0. The van der Waals surface area contributed by atoms with E-state index in [4.69, 9.17) is 11.6 Å². The summed E-state index contributed by atoms with van der Waals surface area (Å²) in [6.45, 7) is 2.36. The first-order chi connectivity index (χ1) is 5.77. The monoisotopic (exact) mass is 186 g/mol. The summed E-state index contributed by atoms with van der Waals surface area (Å²) in [5.74, 6) is 0.662. The number of hydrogen-bond donors (Lipinski definition) is 0. The Morgan fingerprint density at radius 3 is 2.25 bits per heavy atom. The summed E-state index contributed by atoms with van der Waals surface area (Å²) >= 11 is 5.64. The highest BCUT2D eigenvalue weighted by atomic mass is 35.5. The molecular weight excluding hydrogens is 168 g/mol. The fourth-order valence-electron chi connectivity index (χ4n) is 2.03.